The van der Waals surface area contributed by atoms with Gasteiger partial charge in [0, 0.05) is 19.3 Å². The van der Waals surface area contributed by atoms with Gasteiger partial charge in [-0.15, -0.1) is 0 Å². The number of carbonyl (C=O) groups excluding carboxylic acids is 3. The fourth-order valence-electron chi connectivity index (χ4n) is 6.99. The molecule has 0 aliphatic heterocycles. The number of esters is 3. The Balaban J connectivity index is 4.46. The molecule has 0 N–H and O–H groups in total. The van der Waals surface area contributed by atoms with E-state index in [9.17, 15) is 14.4 Å². The number of ether oxygens (including phenoxy) is 3. The average Bonchev–Trinajstić information content (AvgIpc) is 3.29. The van der Waals surface area contributed by atoms with E-state index >= 15 is 0 Å². The first-order valence-electron chi connectivity index (χ1n) is 26.3. The van der Waals surface area contributed by atoms with Gasteiger partial charge in [-0.3, -0.25) is 14.4 Å². The zero-order valence-electron chi connectivity index (χ0n) is 41.5. The first kappa shape index (κ1) is 60.3. The molecule has 0 heterocycles. The second-order valence-electron chi connectivity index (χ2n) is 17.2. The Morgan fingerprint density at radius 1 is 0.328 bits per heavy atom. The maximum absolute atomic E-state index is 12.8. The maximum atomic E-state index is 12.8. The van der Waals surface area contributed by atoms with Gasteiger partial charge in [0.05, 0.1) is 0 Å². The summed E-state index contributed by atoms with van der Waals surface area (Å²) in [6.07, 6.45) is 68.3. The molecule has 1 atom stereocenters. The van der Waals surface area contributed by atoms with Crippen molar-refractivity contribution in [1.82, 2.24) is 0 Å². The lowest BCUT2D eigenvalue weighted by Crippen LogP contribution is -2.30. The lowest BCUT2D eigenvalue weighted by Gasteiger charge is -2.18. The maximum Gasteiger partial charge on any atom is 0.306 e. The highest BCUT2D eigenvalue weighted by atomic mass is 16.6. The third-order valence-electron chi connectivity index (χ3n) is 10.9. The van der Waals surface area contributed by atoms with Crippen LogP contribution in [0.15, 0.2) is 97.2 Å². The van der Waals surface area contributed by atoms with Crippen LogP contribution in [0.5, 0.6) is 0 Å². The van der Waals surface area contributed by atoms with Gasteiger partial charge < -0.3 is 14.2 Å². The van der Waals surface area contributed by atoms with E-state index in [4.69, 9.17) is 14.2 Å². The second kappa shape index (κ2) is 52.0. The highest BCUT2D eigenvalue weighted by Gasteiger charge is 2.19. The number of carbonyl (C=O) groups is 3. The molecule has 0 aromatic carbocycles. The fraction of sp³-hybridized carbons (Fsp3) is 0.672. The van der Waals surface area contributed by atoms with Gasteiger partial charge in [0.25, 0.3) is 0 Å². The Morgan fingerprint density at radius 3 is 1.12 bits per heavy atom. The summed E-state index contributed by atoms with van der Waals surface area (Å²) in [5.41, 5.74) is 0. The van der Waals surface area contributed by atoms with E-state index < -0.39 is 6.10 Å². The SMILES string of the molecule is CC/C=C/C=C/C=C/C=C/C=C/CCCC(=O)OCC(COC(=O)CCCCCCCCCCCC/C=C/C=C/CCCCC)OC(=O)CCCCC/C=C/CCCCCCCCC. The molecular formula is C58H96O6. The molecule has 6 nitrogen and oxygen atoms in total. The molecule has 364 valence electrons. The van der Waals surface area contributed by atoms with Crippen molar-refractivity contribution < 1.29 is 28.6 Å². The first-order chi connectivity index (χ1) is 31.5. The molecule has 0 saturated heterocycles. The molecule has 0 aliphatic carbocycles. The standard InChI is InChI=1S/C58H96O6/c1-4-7-10-13-16-19-22-25-27-28-29-30-31-34-36-39-42-45-48-51-57(60)63-54-55(53-62-56(59)50-47-44-41-38-35-32-24-21-18-15-12-9-6-3)64-58(61)52-49-46-43-40-37-33-26-23-20-17-14-11-8-5-2/h9,12,15-16,18-19,21-22,24-25,32-33,35,37-38,41,55H,4-8,10-11,13-14,17,20,23,26-31,34,36,39-40,42-54H2,1-3H3/b12-9+,18-15+,19-16+,24-21+,25-22+,35-32+,37-33+,41-38+. The highest BCUT2D eigenvalue weighted by molar-refractivity contribution is 5.71. The van der Waals surface area contributed by atoms with Crippen molar-refractivity contribution in [2.45, 2.75) is 239 Å². The highest BCUT2D eigenvalue weighted by Crippen LogP contribution is 2.14. The molecule has 0 saturated carbocycles. The summed E-state index contributed by atoms with van der Waals surface area (Å²) in [5.74, 6) is -1.01. The summed E-state index contributed by atoms with van der Waals surface area (Å²) in [6, 6.07) is 0. The van der Waals surface area contributed by atoms with Gasteiger partial charge >= 0.3 is 17.9 Å². The number of hydrogen-bond acceptors (Lipinski definition) is 6. The molecule has 0 aromatic rings. The number of rotatable bonds is 46. The first-order valence-corrected chi connectivity index (χ1v) is 26.3. The van der Waals surface area contributed by atoms with Crippen LogP contribution in [0.25, 0.3) is 0 Å². The molecule has 0 rings (SSSR count). The monoisotopic (exact) mass is 889 g/mol. The minimum absolute atomic E-state index is 0.109. The van der Waals surface area contributed by atoms with Gasteiger partial charge in [0.15, 0.2) is 6.10 Å². The Morgan fingerprint density at radius 2 is 0.641 bits per heavy atom. The third kappa shape index (κ3) is 49.3. The minimum atomic E-state index is -0.815. The summed E-state index contributed by atoms with van der Waals surface area (Å²) in [5, 5.41) is 0. The predicted octanol–water partition coefficient (Wildman–Crippen LogP) is 17.4. The normalized spacial score (nSPS) is 12.9. The molecule has 64 heavy (non-hydrogen) atoms. The van der Waals surface area contributed by atoms with Crippen LogP contribution in [-0.2, 0) is 28.6 Å². The Bertz CT molecular complexity index is 1300. The van der Waals surface area contributed by atoms with E-state index in [-0.39, 0.29) is 37.5 Å². The topological polar surface area (TPSA) is 78.9 Å². The van der Waals surface area contributed by atoms with Crippen molar-refractivity contribution in [3.05, 3.63) is 97.2 Å². The summed E-state index contributed by atoms with van der Waals surface area (Å²) >= 11 is 0. The molecule has 1 unspecified atom stereocenters. The lowest BCUT2D eigenvalue weighted by molar-refractivity contribution is -0.167. The van der Waals surface area contributed by atoms with Crippen molar-refractivity contribution >= 4 is 17.9 Å². The summed E-state index contributed by atoms with van der Waals surface area (Å²) in [4.78, 5) is 38.0. The predicted molar refractivity (Wildman–Crippen MR) is 274 cm³/mol. The molecule has 0 aromatic heterocycles. The van der Waals surface area contributed by atoms with Gasteiger partial charge in [-0.05, 0) is 83.5 Å². The van der Waals surface area contributed by atoms with Gasteiger partial charge in [-0.1, -0.05) is 227 Å². The minimum Gasteiger partial charge on any atom is -0.462 e. The summed E-state index contributed by atoms with van der Waals surface area (Å²) < 4.78 is 16.7. The van der Waals surface area contributed by atoms with E-state index in [1.807, 2.05) is 54.7 Å². The Hall–Kier alpha value is -3.67. The fourth-order valence-corrected chi connectivity index (χ4v) is 6.99. The number of allylic oxidation sites excluding steroid dienone is 16. The van der Waals surface area contributed by atoms with E-state index in [0.29, 0.717) is 19.3 Å². The average molecular weight is 889 g/mol. The van der Waals surface area contributed by atoms with Crippen LogP contribution in [-0.4, -0.2) is 37.2 Å². The second-order valence-corrected chi connectivity index (χ2v) is 17.2. The molecular weight excluding hydrogens is 793 g/mol. The zero-order valence-corrected chi connectivity index (χ0v) is 41.5. The number of unbranched alkanes of at least 4 members (excludes halogenated alkanes) is 24. The lowest BCUT2D eigenvalue weighted by atomic mass is 10.1. The van der Waals surface area contributed by atoms with Crippen molar-refractivity contribution in [2.24, 2.45) is 0 Å². The van der Waals surface area contributed by atoms with Crippen LogP contribution in [0.1, 0.15) is 233 Å². The smallest absolute Gasteiger partial charge is 0.306 e. The van der Waals surface area contributed by atoms with E-state index in [1.165, 1.54) is 122 Å². The van der Waals surface area contributed by atoms with Crippen molar-refractivity contribution in [3.63, 3.8) is 0 Å². The quantitative estimate of drug-likeness (QED) is 0.0199. The van der Waals surface area contributed by atoms with Crippen LogP contribution >= 0.6 is 0 Å². The van der Waals surface area contributed by atoms with Crippen LogP contribution in [0.3, 0.4) is 0 Å². The summed E-state index contributed by atoms with van der Waals surface area (Å²) in [7, 11) is 0. The molecule has 0 aliphatic rings. The molecule has 0 bridgehead atoms. The van der Waals surface area contributed by atoms with E-state index in [1.54, 1.807) is 0 Å². The van der Waals surface area contributed by atoms with Gasteiger partial charge in [0.1, 0.15) is 13.2 Å². The van der Waals surface area contributed by atoms with Crippen LogP contribution in [0.2, 0.25) is 0 Å². The molecule has 0 radical (unpaired) electrons. The molecule has 0 spiro atoms. The molecule has 6 heteroatoms. The van der Waals surface area contributed by atoms with E-state index in [0.717, 1.165) is 64.2 Å². The number of hydrogen-bond donors (Lipinski definition) is 0. The van der Waals surface area contributed by atoms with Gasteiger partial charge in [0.2, 0.25) is 0 Å². The van der Waals surface area contributed by atoms with Crippen molar-refractivity contribution in [3.8, 4) is 0 Å². The van der Waals surface area contributed by atoms with Gasteiger partial charge in [-0.25, -0.2) is 0 Å². The summed E-state index contributed by atoms with van der Waals surface area (Å²) in [6.45, 7) is 6.38. The molecule has 0 fully saturated rings. The van der Waals surface area contributed by atoms with Gasteiger partial charge in [-0.2, -0.15) is 0 Å². The Kier molecular flexibility index (Phi) is 49.0. The van der Waals surface area contributed by atoms with Crippen LogP contribution < -0.4 is 0 Å². The largest absolute Gasteiger partial charge is 0.462 e. The van der Waals surface area contributed by atoms with Crippen molar-refractivity contribution in [2.75, 3.05) is 13.2 Å². The molecule has 0 amide bonds. The van der Waals surface area contributed by atoms with E-state index in [2.05, 4.69) is 63.3 Å². The van der Waals surface area contributed by atoms with Crippen molar-refractivity contribution in [1.29, 1.82) is 0 Å². The Labute approximate surface area is 394 Å². The van der Waals surface area contributed by atoms with Crippen LogP contribution in [0.4, 0.5) is 0 Å². The zero-order chi connectivity index (χ0) is 46.5. The third-order valence-corrected chi connectivity index (χ3v) is 10.9. The van der Waals surface area contributed by atoms with Crippen LogP contribution in [0, 0.1) is 0 Å².